The average molecular weight is 337 g/mol. The van der Waals surface area contributed by atoms with Crippen molar-refractivity contribution in [3.05, 3.63) is 59.2 Å². The highest BCUT2D eigenvalue weighted by molar-refractivity contribution is 6.31. The number of hydrogen-bond donors (Lipinski definition) is 2. The number of fused-ring (bicyclic) bond motifs is 2. The van der Waals surface area contributed by atoms with Gasteiger partial charge in [-0.25, -0.2) is 0 Å². The van der Waals surface area contributed by atoms with E-state index in [0.29, 0.717) is 16.4 Å². The summed E-state index contributed by atoms with van der Waals surface area (Å²) >= 11 is 6.00. The van der Waals surface area contributed by atoms with E-state index < -0.39 is 0 Å². The molecule has 0 aliphatic rings. The number of aromatic amines is 1. The van der Waals surface area contributed by atoms with Crippen LogP contribution in [0.5, 0.6) is 5.88 Å². The number of nitrogens with zero attached hydrogens (tertiary/aromatic N) is 3. The van der Waals surface area contributed by atoms with E-state index in [1.807, 2.05) is 31.2 Å². The van der Waals surface area contributed by atoms with Crippen LogP contribution in [0.4, 0.5) is 11.4 Å². The van der Waals surface area contributed by atoms with Gasteiger partial charge in [-0.1, -0.05) is 29.8 Å². The predicted octanol–water partition coefficient (Wildman–Crippen LogP) is 5.80. The molecule has 4 aromatic rings. The van der Waals surface area contributed by atoms with Crippen molar-refractivity contribution in [2.75, 3.05) is 0 Å². The Morgan fingerprint density at radius 3 is 2.83 bits per heavy atom. The number of para-hydroxylation sites is 1. The first-order valence-electron chi connectivity index (χ1n) is 7.40. The lowest BCUT2D eigenvalue weighted by Gasteiger charge is -2.00. The molecule has 0 saturated heterocycles. The number of rotatable bonds is 2. The van der Waals surface area contributed by atoms with Gasteiger partial charge in [0.15, 0.2) is 5.69 Å². The molecule has 0 saturated carbocycles. The summed E-state index contributed by atoms with van der Waals surface area (Å²) in [6.07, 6.45) is 1.66. The number of aromatic nitrogens is 2. The minimum Gasteiger partial charge on any atom is -0.493 e. The Labute approximate surface area is 142 Å². The van der Waals surface area contributed by atoms with E-state index in [4.69, 9.17) is 11.6 Å². The molecule has 24 heavy (non-hydrogen) atoms. The largest absolute Gasteiger partial charge is 0.493 e. The highest BCUT2D eigenvalue weighted by atomic mass is 35.5. The van der Waals surface area contributed by atoms with Gasteiger partial charge in [-0.2, -0.15) is 0 Å². The van der Waals surface area contributed by atoms with E-state index in [0.717, 1.165) is 27.4 Å². The van der Waals surface area contributed by atoms with E-state index >= 15 is 0 Å². The Hall–Kier alpha value is -2.92. The lowest BCUT2D eigenvalue weighted by Crippen LogP contribution is -1.78. The van der Waals surface area contributed by atoms with Crippen LogP contribution in [-0.4, -0.2) is 15.1 Å². The van der Waals surface area contributed by atoms with Gasteiger partial charge in [0.1, 0.15) is 0 Å². The lowest BCUT2D eigenvalue weighted by atomic mass is 10.1. The Balaban J connectivity index is 1.84. The molecule has 0 atom stereocenters. The molecule has 4 rings (SSSR count). The molecule has 2 aromatic carbocycles. The number of aromatic hydroxyl groups is 1. The molecule has 0 radical (unpaired) electrons. The molecule has 6 heteroatoms. The minimum atomic E-state index is 0.00413. The second kappa shape index (κ2) is 5.62. The SMILES string of the molecule is Cc1cccc2c(N=Nc3ccnc4cc(Cl)ccc34)c(O)[nH]c12. The maximum Gasteiger partial charge on any atom is 0.218 e. The summed E-state index contributed by atoms with van der Waals surface area (Å²) in [5.41, 5.74) is 3.73. The van der Waals surface area contributed by atoms with Gasteiger partial charge in [-0.05, 0) is 36.8 Å². The molecular weight excluding hydrogens is 324 g/mol. The van der Waals surface area contributed by atoms with Crippen molar-refractivity contribution < 1.29 is 5.11 Å². The quantitative estimate of drug-likeness (QED) is 0.454. The third kappa shape index (κ3) is 2.39. The molecule has 0 spiro atoms. The molecule has 0 bridgehead atoms. The third-order valence-corrected chi connectivity index (χ3v) is 4.17. The van der Waals surface area contributed by atoms with Crippen molar-refractivity contribution in [2.45, 2.75) is 6.92 Å². The van der Waals surface area contributed by atoms with Gasteiger partial charge < -0.3 is 10.1 Å². The smallest absolute Gasteiger partial charge is 0.218 e. The number of pyridine rings is 1. The first-order valence-corrected chi connectivity index (χ1v) is 7.77. The van der Waals surface area contributed by atoms with Gasteiger partial charge in [0.2, 0.25) is 5.88 Å². The molecule has 2 aromatic heterocycles. The number of H-pyrrole nitrogens is 1. The Kier molecular flexibility index (Phi) is 3.43. The van der Waals surface area contributed by atoms with Gasteiger partial charge in [0, 0.05) is 22.0 Å². The van der Waals surface area contributed by atoms with E-state index in [2.05, 4.69) is 20.2 Å². The van der Waals surface area contributed by atoms with Crippen LogP contribution in [0.15, 0.2) is 58.9 Å². The third-order valence-electron chi connectivity index (χ3n) is 3.94. The maximum atomic E-state index is 10.1. The lowest BCUT2D eigenvalue weighted by molar-refractivity contribution is 0.459. The predicted molar refractivity (Wildman–Crippen MR) is 95.6 cm³/mol. The fraction of sp³-hybridized carbons (Fsp3) is 0.0556. The maximum absolute atomic E-state index is 10.1. The monoisotopic (exact) mass is 336 g/mol. The van der Waals surface area contributed by atoms with Crippen LogP contribution in [0.2, 0.25) is 5.02 Å². The molecule has 5 nitrogen and oxygen atoms in total. The van der Waals surface area contributed by atoms with Crippen LogP contribution in [0, 0.1) is 6.92 Å². The van der Waals surface area contributed by atoms with Gasteiger partial charge in [0.25, 0.3) is 0 Å². The summed E-state index contributed by atoms with van der Waals surface area (Å²) in [7, 11) is 0. The van der Waals surface area contributed by atoms with Crippen molar-refractivity contribution in [2.24, 2.45) is 10.2 Å². The summed E-state index contributed by atoms with van der Waals surface area (Å²) < 4.78 is 0. The van der Waals surface area contributed by atoms with Crippen LogP contribution >= 0.6 is 11.6 Å². The topological polar surface area (TPSA) is 73.6 Å². The van der Waals surface area contributed by atoms with E-state index in [1.165, 1.54) is 0 Å². The zero-order valence-corrected chi connectivity index (χ0v) is 13.5. The first kappa shape index (κ1) is 14.7. The van der Waals surface area contributed by atoms with Crippen LogP contribution < -0.4 is 0 Å². The van der Waals surface area contributed by atoms with Gasteiger partial charge in [-0.3, -0.25) is 4.98 Å². The molecule has 0 fully saturated rings. The molecule has 0 unspecified atom stereocenters. The zero-order valence-electron chi connectivity index (χ0n) is 12.8. The number of nitrogens with one attached hydrogen (secondary N) is 1. The van der Waals surface area contributed by atoms with Gasteiger partial charge >= 0.3 is 0 Å². The van der Waals surface area contributed by atoms with Crippen molar-refractivity contribution in [1.29, 1.82) is 0 Å². The minimum absolute atomic E-state index is 0.00413. The molecular formula is C18H13ClN4O. The fourth-order valence-electron chi connectivity index (χ4n) is 2.73. The number of aryl methyl sites for hydroxylation is 1. The molecule has 118 valence electrons. The van der Waals surface area contributed by atoms with Crippen LogP contribution in [0.25, 0.3) is 21.8 Å². The van der Waals surface area contributed by atoms with Gasteiger partial charge in [0.05, 0.1) is 16.7 Å². The molecule has 2 heterocycles. The number of halogens is 1. The van der Waals surface area contributed by atoms with Crippen molar-refractivity contribution >= 4 is 44.8 Å². The summed E-state index contributed by atoms with van der Waals surface area (Å²) in [6, 6.07) is 13.0. The van der Waals surface area contributed by atoms with Crippen LogP contribution in [0.1, 0.15) is 5.56 Å². The van der Waals surface area contributed by atoms with E-state index in [1.54, 1.807) is 24.4 Å². The summed E-state index contributed by atoms with van der Waals surface area (Å²) in [5, 5.41) is 21.0. The zero-order chi connectivity index (χ0) is 16.7. The number of hydrogen-bond acceptors (Lipinski definition) is 4. The van der Waals surface area contributed by atoms with Gasteiger partial charge in [-0.15, -0.1) is 10.2 Å². The van der Waals surface area contributed by atoms with Crippen molar-refractivity contribution in [3.8, 4) is 5.88 Å². The van der Waals surface area contributed by atoms with Crippen LogP contribution in [0.3, 0.4) is 0 Å². The van der Waals surface area contributed by atoms with E-state index in [-0.39, 0.29) is 5.88 Å². The molecule has 0 amide bonds. The fourth-order valence-corrected chi connectivity index (χ4v) is 2.90. The molecule has 0 aliphatic carbocycles. The first-order chi connectivity index (χ1) is 11.6. The highest BCUT2D eigenvalue weighted by Crippen LogP contribution is 2.38. The number of benzene rings is 2. The Morgan fingerprint density at radius 2 is 1.96 bits per heavy atom. The van der Waals surface area contributed by atoms with Crippen LogP contribution in [-0.2, 0) is 0 Å². The summed E-state index contributed by atoms with van der Waals surface area (Å²) in [4.78, 5) is 7.23. The number of azo groups is 1. The highest BCUT2D eigenvalue weighted by Gasteiger charge is 2.11. The summed E-state index contributed by atoms with van der Waals surface area (Å²) in [6.45, 7) is 1.97. The molecule has 2 N–H and O–H groups in total. The molecule has 0 aliphatic heterocycles. The second-order valence-electron chi connectivity index (χ2n) is 5.51. The average Bonchev–Trinajstić information content (AvgIpc) is 2.89. The summed E-state index contributed by atoms with van der Waals surface area (Å²) in [5.74, 6) is 0.00413. The second-order valence-corrected chi connectivity index (χ2v) is 5.95. The van der Waals surface area contributed by atoms with Crippen molar-refractivity contribution in [1.82, 2.24) is 9.97 Å². The van der Waals surface area contributed by atoms with E-state index in [9.17, 15) is 5.11 Å². The van der Waals surface area contributed by atoms with Crippen molar-refractivity contribution in [3.63, 3.8) is 0 Å². The normalized spacial score (nSPS) is 11.8. The Bertz CT molecular complexity index is 1100. The Morgan fingerprint density at radius 1 is 1.08 bits per heavy atom. The standard InChI is InChI=1S/C18H13ClN4O/c1-10-3-2-4-13-16(10)21-18(24)17(13)23-22-14-7-8-20-15-9-11(19)5-6-12(14)15/h2-9,21,24H,1H3.